The average Bonchev–Trinajstić information content (AvgIpc) is 2.18. The third-order valence-corrected chi connectivity index (χ3v) is 2.14. The van der Waals surface area contributed by atoms with Crippen LogP contribution in [0.25, 0.3) is 0 Å². The minimum Gasteiger partial charge on any atom is -0.294 e. The van der Waals surface area contributed by atoms with Gasteiger partial charge in [-0.2, -0.15) is 0 Å². The standard InChI is InChI=1S/C12H16O/c1-3-5-10-6-8-11(9-7-10)12(13)4-2/h6-9H,3-5H2,1-2H3. The Morgan fingerprint density at radius 2 is 1.77 bits per heavy atom. The van der Waals surface area contributed by atoms with Gasteiger partial charge in [-0.3, -0.25) is 4.79 Å². The van der Waals surface area contributed by atoms with Crippen LogP contribution in [0.3, 0.4) is 0 Å². The Hall–Kier alpha value is -1.11. The van der Waals surface area contributed by atoms with E-state index < -0.39 is 0 Å². The van der Waals surface area contributed by atoms with E-state index in [0.717, 1.165) is 18.4 Å². The Morgan fingerprint density at radius 3 is 2.23 bits per heavy atom. The first-order valence-corrected chi connectivity index (χ1v) is 4.90. The zero-order valence-electron chi connectivity index (χ0n) is 8.34. The smallest absolute Gasteiger partial charge is 0.162 e. The van der Waals surface area contributed by atoms with E-state index in [1.54, 1.807) is 0 Å². The van der Waals surface area contributed by atoms with Crippen LogP contribution >= 0.6 is 0 Å². The number of benzene rings is 1. The molecule has 1 heteroatoms. The van der Waals surface area contributed by atoms with Gasteiger partial charge >= 0.3 is 0 Å². The molecule has 0 bridgehead atoms. The Bertz CT molecular complexity index is 272. The molecular formula is C12H16O. The molecule has 0 atom stereocenters. The second kappa shape index (κ2) is 4.80. The molecule has 0 aromatic heterocycles. The van der Waals surface area contributed by atoms with Gasteiger partial charge in [0, 0.05) is 12.0 Å². The van der Waals surface area contributed by atoms with Crippen molar-refractivity contribution in [2.75, 3.05) is 0 Å². The third-order valence-electron chi connectivity index (χ3n) is 2.14. The van der Waals surface area contributed by atoms with Crippen molar-refractivity contribution in [3.63, 3.8) is 0 Å². The summed E-state index contributed by atoms with van der Waals surface area (Å²) in [6.45, 7) is 4.05. The largest absolute Gasteiger partial charge is 0.294 e. The maximum absolute atomic E-state index is 11.3. The molecular weight excluding hydrogens is 160 g/mol. The van der Waals surface area contributed by atoms with Crippen LogP contribution in [0.2, 0.25) is 0 Å². The molecule has 0 fully saturated rings. The lowest BCUT2D eigenvalue weighted by atomic mass is 10.0. The van der Waals surface area contributed by atoms with Crippen LogP contribution in [0.15, 0.2) is 24.3 Å². The highest BCUT2D eigenvalue weighted by atomic mass is 16.1. The quantitative estimate of drug-likeness (QED) is 0.644. The van der Waals surface area contributed by atoms with Gasteiger partial charge in [0.15, 0.2) is 5.78 Å². The minimum absolute atomic E-state index is 0.225. The second-order valence-electron chi connectivity index (χ2n) is 3.22. The first-order valence-electron chi connectivity index (χ1n) is 4.90. The fourth-order valence-corrected chi connectivity index (χ4v) is 1.35. The van der Waals surface area contributed by atoms with E-state index in [4.69, 9.17) is 0 Å². The van der Waals surface area contributed by atoms with Gasteiger partial charge in [-0.15, -0.1) is 0 Å². The SMILES string of the molecule is CCCc1ccc(C(=O)CC)cc1. The van der Waals surface area contributed by atoms with Crippen molar-refractivity contribution in [1.82, 2.24) is 0 Å². The second-order valence-corrected chi connectivity index (χ2v) is 3.22. The number of rotatable bonds is 4. The van der Waals surface area contributed by atoms with Crippen LogP contribution in [0.5, 0.6) is 0 Å². The van der Waals surface area contributed by atoms with Crippen molar-refractivity contribution in [3.05, 3.63) is 35.4 Å². The summed E-state index contributed by atoms with van der Waals surface area (Å²) in [5.41, 5.74) is 2.15. The summed E-state index contributed by atoms with van der Waals surface area (Å²) < 4.78 is 0. The Morgan fingerprint density at radius 1 is 1.15 bits per heavy atom. The molecule has 1 aromatic rings. The predicted molar refractivity (Wildman–Crippen MR) is 55.1 cm³/mol. The highest BCUT2D eigenvalue weighted by molar-refractivity contribution is 5.95. The molecule has 70 valence electrons. The number of aryl methyl sites for hydroxylation is 1. The number of Topliss-reactive ketones (excluding diaryl/α,β-unsaturated/α-hetero) is 1. The molecule has 0 aliphatic heterocycles. The van der Waals surface area contributed by atoms with Crippen LogP contribution in [0.1, 0.15) is 42.6 Å². The third kappa shape index (κ3) is 2.69. The number of hydrogen-bond donors (Lipinski definition) is 0. The highest BCUT2D eigenvalue weighted by Crippen LogP contribution is 2.08. The van der Waals surface area contributed by atoms with E-state index in [-0.39, 0.29) is 5.78 Å². The van der Waals surface area contributed by atoms with Gasteiger partial charge in [-0.05, 0) is 12.0 Å². The van der Waals surface area contributed by atoms with Crippen molar-refractivity contribution >= 4 is 5.78 Å². The molecule has 0 aliphatic rings. The van der Waals surface area contributed by atoms with Crippen LogP contribution in [0.4, 0.5) is 0 Å². The lowest BCUT2D eigenvalue weighted by molar-refractivity contribution is 0.0988. The molecule has 0 unspecified atom stereocenters. The maximum Gasteiger partial charge on any atom is 0.162 e. The highest BCUT2D eigenvalue weighted by Gasteiger charge is 2.01. The van der Waals surface area contributed by atoms with Crippen molar-refractivity contribution in [1.29, 1.82) is 0 Å². The number of carbonyl (C=O) groups is 1. The molecule has 0 amide bonds. The average molecular weight is 176 g/mol. The van der Waals surface area contributed by atoms with E-state index in [9.17, 15) is 4.79 Å². The molecule has 0 saturated carbocycles. The van der Waals surface area contributed by atoms with Gasteiger partial charge in [0.25, 0.3) is 0 Å². The number of carbonyl (C=O) groups excluding carboxylic acids is 1. The van der Waals surface area contributed by atoms with Gasteiger partial charge in [-0.25, -0.2) is 0 Å². The summed E-state index contributed by atoms with van der Waals surface area (Å²) in [7, 11) is 0. The topological polar surface area (TPSA) is 17.1 Å². The normalized spacial score (nSPS) is 10.0. The first-order chi connectivity index (χ1) is 6.27. The van der Waals surface area contributed by atoms with Crippen LogP contribution < -0.4 is 0 Å². The number of ketones is 1. The summed E-state index contributed by atoms with van der Waals surface area (Å²) >= 11 is 0. The van der Waals surface area contributed by atoms with E-state index >= 15 is 0 Å². The molecule has 0 heterocycles. The Balaban J connectivity index is 2.75. The zero-order valence-corrected chi connectivity index (χ0v) is 8.34. The fraction of sp³-hybridized carbons (Fsp3) is 0.417. The van der Waals surface area contributed by atoms with Crippen molar-refractivity contribution in [2.24, 2.45) is 0 Å². The van der Waals surface area contributed by atoms with E-state index in [1.165, 1.54) is 5.56 Å². The summed E-state index contributed by atoms with van der Waals surface area (Å²) in [5.74, 6) is 0.225. The molecule has 1 rings (SSSR count). The summed E-state index contributed by atoms with van der Waals surface area (Å²) in [6, 6.07) is 7.95. The summed E-state index contributed by atoms with van der Waals surface area (Å²) in [6.07, 6.45) is 2.84. The van der Waals surface area contributed by atoms with Gasteiger partial charge in [0.1, 0.15) is 0 Å². The Kier molecular flexibility index (Phi) is 3.69. The van der Waals surface area contributed by atoms with Crippen LogP contribution in [-0.2, 0) is 6.42 Å². The minimum atomic E-state index is 0.225. The van der Waals surface area contributed by atoms with E-state index in [1.807, 2.05) is 31.2 Å². The van der Waals surface area contributed by atoms with Crippen molar-refractivity contribution < 1.29 is 4.79 Å². The van der Waals surface area contributed by atoms with Crippen LogP contribution in [0, 0.1) is 0 Å². The fourth-order valence-electron chi connectivity index (χ4n) is 1.35. The monoisotopic (exact) mass is 176 g/mol. The molecule has 0 spiro atoms. The van der Waals surface area contributed by atoms with Crippen LogP contribution in [-0.4, -0.2) is 5.78 Å². The first kappa shape index (κ1) is 9.97. The molecule has 0 aliphatic carbocycles. The zero-order chi connectivity index (χ0) is 9.68. The molecule has 1 aromatic carbocycles. The summed E-state index contributed by atoms with van der Waals surface area (Å²) in [5, 5.41) is 0. The summed E-state index contributed by atoms with van der Waals surface area (Å²) in [4.78, 5) is 11.3. The predicted octanol–water partition coefficient (Wildman–Crippen LogP) is 3.23. The molecule has 0 radical (unpaired) electrons. The molecule has 1 nitrogen and oxygen atoms in total. The van der Waals surface area contributed by atoms with Crippen molar-refractivity contribution in [3.8, 4) is 0 Å². The van der Waals surface area contributed by atoms with Gasteiger partial charge in [-0.1, -0.05) is 44.5 Å². The Labute approximate surface area is 79.8 Å². The number of hydrogen-bond acceptors (Lipinski definition) is 1. The van der Waals surface area contributed by atoms with Crippen molar-refractivity contribution in [2.45, 2.75) is 33.1 Å². The van der Waals surface area contributed by atoms with Gasteiger partial charge < -0.3 is 0 Å². The van der Waals surface area contributed by atoms with Gasteiger partial charge in [0.05, 0.1) is 0 Å². The molecule has 0 saturated heterocycles. The lowest BCUT2D eigenvalue weighted by Crippen LogP contribution is -1.96. The lowest BCUT2D eigenvalue weighted by Gasteiger charge is -2.00. The maximum atomic E-state index is 11.3. The van der Waals surface area contributed by atoms with E-state index in [2.05, 4.69) is 6.92 Å². The molecule has 0 N–H and O–H groups in total. The van der Waals surface area contributed by atoms with Gasteiger partial charge in [0.2, 0.25) is 0 Å². The molecule has 13 heavy (non-hydrogen) atoms. The van der Waals surface area contributed by atoms with E-state index in [0.29, 0.717) is 6.42 Å².